The molecule has 0 aliphatic heterocycles. The molecule has 0 aliphatic rings. The lowest BCUT2D eigenvalue weighted by Gasteiger charge is -2.16. The largest absolute Gasteiger partial charge is 0.374 e. The predicted octanol–water partition coefficient (Wildman–Crippen LogP) is 2.81. The Kier molecular flexibility index (Phi) is 6.90. The van der Waals surface area contributed by atoms with Gasteiger partial charge in [-0.25, -0.2) is 0 Å². The van der Waals surface area contributed by atoms with E-state index in [1.165, 1.54) is 6.42 Å². The summed E-state index contributed by atoms with van der Waals surface area (Å²) in [7, 11) is 0. The maximum Gasteiger partial charge on any atom is 0.0353 e. The third kappa shape index (κ3) is 5.71. The van der Waals surface area contributed by atoms with Crippen LogP contribution in [0.1, 0.15) is 27.2 Å². The highest BCUT2D eigenvalue weighted by molar-refractivity contribution is 4.87. The molecular weight excluding hydrogens is 134 g/mol. The fourth-order valence-corrected chi connectivity index (χ4v) is 0.966. The summed E-state index contributed by atoms with van der Waals surface area (Å²) in [6.07, 6.45) is 9.70. The van der Waals surface area contributed by atoms with Gasteiger partial charge in [-0.1, -0.05) is 25.2 Å². The van der Waals surface area contributed by atoms with Crippen molar-refractivity contribution in [3.05, 3.63) is 24.4 Å². The van der Waals surface area contributed by atoms with E-state index in [0.29, 0.717) is 0 Å². The van der Waals surface area contributed by atoms with Crippen LogP contribution in [-0.4, -0.2) is 18.0 Å². The highest BCUT2D eigenvalue weighted by Gasteiger charge is 1.91. The maximum absolute atomic E-state index is 2.31. The molecule has 0 aromatic rings. The van der Waals surface area contributed by atoms with Crippen LogP contribution in [-0.2, 0) is 0 Å². The smallest absolute Gasteiger partial charge is 0.0353 e. The molecule has 0 saturated carbocycles. The monoisotopic (exact) mass is 153 g/mol. The summed E-state index contributed by atoms with van der Waals surface area (Å²) < 4.78 is 0. The predicted molar refractivity (Wildman–Crippen MR) is 51.5 cm³/mol. The van der Waals surface area contributed by atoms with Crippen molar-refractivity contribution in [1.82, 2.24) is 4.90 Å². The first kappa shape index (κ1) is 10.3. The van der Waals surface area contributed by atoms with Gasteiger partial charge in [-0.15, -0.1) is 0 Å². The van der Waals surface area contributed by atoms with Crippen LogP contribution in [0.25, 0.3) is 0 Å². The molecule has 1 heteroatoms. The van der Waals surface area contributed by atoms with Crippen LogP contribution in [0.5, 0.6) is 0 Å². The molecule has 0 aliphatic carbocycles. The molecule has 1 nitrogen and oxygen atoms in total. The molecule has 0 atom stereocenters. The van der Waals surface area contributed by atoms with Gasteiger partial charge < -0.3 is 4.90 Å². The summed E-state index contributed by atoms with van der Waals surface area (Å²) in [6, 6.07) is 0. The molecule has 0 aromatic heterocycles. The second-order valence-corrected chi connectivity index (χ2v) is 2.55. The van der Waals surface area contributed by atoms with Crippen molar-refractivity contribution in [2.24, 2.45) is 0 Å². The van der Waals surface area contributed by atoms with Crippen LogP contribution in [0.2, 0.25) is 0 Å². The number of hydrogen-bond acceptors (Lipinski definition) is 1. The van der Waals surface area contributed by atoms with E-state index in [9.17, 15) is 0 Å². The zero-order valence-electron chi connectivity index (χ0n) is 7.88. The summed E-state index contributed by atoms with van der Waals surface area (Å²) in [6.45, 7) is 8.49. The van der Waals surface area contributed by atoms with Crippen molar-refractivity contribution >= 4 is 0 Å². The molecule has 0 fully saturated rings. The Morgan fingerprint density at radius 3 is 2.36 bits per heavy atom. The molecule has 64 valence electrons. The van der Waals surface area contributed by atoms with Gasteiger partial charge in [0.05, 0.1) is 0 Å². The van der Waals surface area contributed by atoms with Gasteiger partial charge in [-0.3, -0.25) is 0 Å². The van der Waals surface area contributed by atoms with Crippen molar-refractivity contribution in [2.75, 3.05) is 13.1 Å². The van der Waals surface area contributed by atoms with Crippen molar-refractivity contribution in [3.63, 3.8) is 0 Å². The van der Waals surface area contributed by atoms with Crippen molar-refractivity contribution in [2.45, 2.75) is 27.2 Å². The Bertz CT molecular complexity index is 125. The molecule has 0 amide bonds. The van der Waals surface area contributed by atoms with Crippen LogP contribution >= 0.6 is 0 Å². The van der Waals surface area contributed by atoms with E-state index in [2.05, 4.69) is 50.1 Å². The van der Waals surface area contributed by atoms with Crippen LogP contribution in [0.15, 0.2) is 24.4 Å². The average Bonchev–Trinajstić information content (AvgIpc) is 2.01. The van der Waals surface area contributed by atoms with Gasteiger partial charge in [0.2, 0.25) is 0 Å². The molecule has 0 bridgehead atoms. The minimum Gasteiger partial charge on any atom is -0.374 e. The third-order valence-electron chi connectivity index (χ3n) is 1.45. The van der Waals surface area contributed by atoms with Gasteiger partial charge in [0, 0.05) is 13.1 Å². The summed E-state index contributed by atoms with van der Waals surface area (Å²) in [5.74, 6) is 0. The van der Waals surface area contributed by atoms with Gasteiger partial charge in [0.1, 0.15) is 0 Å². The Morgan fingerprint density at radius 1 is 1.18 bits per heavy atom. The van der Waals surface area contributed by atoms with Gasteiger partial charge in [0.25, 0.3) is 0 Å². The van der Waals surface area contributed by atoms with Crippen LogP contribution in [0, 0.1) is 0 Å². The molecule has 0 aromatic carbocycles. The van der Waals surface area contributed by atoms with Crippen molar-refractivity contribution in [3.8, 4) is 0 Å². The fourth-order valence-electron chi connectivity index (χ4n) is 0.966. The topological polar surface area (TPSA) is 3.24 Å². The van der Waals surface area contributed by atoms with E-state index in [0.717, 1.165) is 13.1 Å². The van der Waals surface area contributed by atoms with Gasteiger partial charge in [0.15, 0.2) is 0 Å². The Balaban J connectivity index is 3.68. The zero-order valence-corrected chi connectivity index (χ0v) is 7.88. The van der Waals surface area contributed by atoms with Crippen molar-refractivity contribution in [1.29, 1.82) is 0 Å². The van der Waals surface area contributed by atoms with E-state index in [4.69, 9.17) is 0 Å². The third-order valence-corrected chi connectivity index (χ3v) is 1.45. The summed E-state index contributed by atoms with van der Waals surface area (Å²) >= 11 is 0. The molecule has 0 saturated heterocycles. The highest BCUT2D eigenvalue weighted by atomic mass is 15.1. The lowest BCUT2D eigenvalue weighted by molar-refractivity contribution is 0.414. The quantitative estimate of drug-likeness (QED) is 0.549. The van der Waals surface area contributed by atoms with E-state index in [-0.39, 0.29) is 0 Å². The van der Waals surface area contributed by atoms with Crippen LogP contribution < -0.4 is 0 Å². The minimum absolute atomic E-state index is 1.04. The minimum atomic E-state index is 1.04. The van der Waals surface area contributed by atoms with E-state index in [1.54, 1.807) is 0 Å². The molecule has 0 radical (unpaired) electrons. The summed E-state index contributed by atoms with van der Waals surface area (Å²) in [5.41, 5.74) is 0. The molecule has 0 N–H and O–H groups in total. The molecular formula is C10H19N. The number of rotatable bonds is 5. The Hall–Kier alpha value is -0.720. The molecule has 0 unspecified atom stereocenters. The van der Waals surface area contributed by atoms with E-state index < -0.39 is 0 Å². The van der Waals surface area contributed by atoms with E-state index >= 15 is 0 Å². The molecule has 0 rings (SSSR count). The standard InChI is InChI=1S/C10H19N/c1-4-7-10-11(8-5-2)9-6-3/h4-5,7-8H,6,9-10H2,1-3H3/b7-4-,8-5+. The summed E-state index contributed by atoms with van der Waals surface area (Å²) in [4.78, 5) is 2.31. The Labute approximate surface area is 70.4 Å². The first-order valence-electron chi connectivity index (χ1n) is 4.33. The first-order valence-corrected chi connectivity index (χ1v) is 4.33. The second-order valence-electron chi connectivity index (χ2n) is 2.55. The van der Waals surface area contributed by atoms with Gasteiger partial charge in [-0.2, -0.15) is 0 Å². The van der Waals surface area contributed by atoms with Gasteiger partial charge in [-0.05, 0) is 26.5 Å². The first-order chi connectivity index (χ1) is 5.35. The lowest BCUT2D eigenvalue weighted by Crippen LogP contribution is -2.17. The molecule has 0 spiro atoms. The number of hydrogen-bond donors (Lipinski definition) is 0. The van der Waals surface area contributed by atoms with Crippen LogP contribution in [0.3, 0.4) is 0 Å². The SMILES string of the molecule is C/C=C\CN(/C=C/C)CCC. The number of nitrogens with zero attached hydrogens (tertiary/aromatic N) is 1. The lowest BCUT2D eigenvalue weighted by atomic mass is 10.4. The molecule has 0 heterocycles. The number of allylic oxidation sites excluding steroid dienone is 2. The average molecular weight is 153 g/mol. The van der Waals surface area contributed by atoms with Gasteiger partial charge >= 0.3 is 0 Å². The molecule has 11 heavy (non-hydrogen) atoms. The summed E-state index contributed by atoms with van der Waals surface area (Å²) in [5, 5.41) is 0. The van der Waals surface area contributed by atoms with Crippen molar-refractivity contribution < 1.29 is 0 Å². The Morgan fingerprint density at radius 2 is 1.91 bits per heavy atom. The fraction of sp³-hybridized carbons (Fsp3) is 0.600. The van der Waals surface area contributed by atoms with Crippen LogP contribution in [0.4, 0.5) is 0 Å². The second kappa shape index (κ2) is 7.39. The zero-order chi connectivity index (χ0) is 8.53. The van der Waals surface area contributed by atoms with E-state index in [1.807, 2.05) is 0 Å². The highest BCUT2D eigenvalue weighted by Crippen LogP contribution is 1.93. The maximum atomic E-state index is 2.31. The normalized spacial score (nSPS) is 11.5.